The van der Waals surface area contributed by atoms with E-state index in [4.69, 9.17) is 24.3 Å². The number of nitrogens with two attached hydrogens (primary N) is 1. The molecule has 0 radical (unpaired) electrons. The molecule has 0 heterocycles. The van der Waals surface area contributed by atoms with Crippen molar-refractivity contribution >= 4 is 19.8 Å². The highest BCUT2D eigenvalue weighted by molar-refractivity contribution is 7.47. The van der Waals surface area contributed by atoms with E-state index >= 15 is 0 Å². The lowest BCUT2D eigenvalue weighted by atomic mass is 10.0. The number of allylic oxidation sites excluding steroid dienone is 16. The summed E-state index contributed by atoms with van der Waals surface area (Å²) in [7, 11) is -4.40. The van der Waals surface area contributed by atoms with Crippen LogP contribution in [0.4, 0.5) is 0 Å². The van der Waals surface area contributed by atoms with Crippen LogP contribution in [0.1, 0.15) is 361 Å². The molecule has 10 heteroatoms. The summed E-state index contributed by atoms with van der Waals surface area (Å²) >= 11 is 0. The van der Waals surface area contributed by atoms with E-state index in [-0.39, 0.29) is 38.6 Å². The van der Waals surface area contributed by atoms with E-state index in [0.717, 1.165) is 89.9 Å². The highest BCUT2D eigenvalue weighted by Gasteiger charge is 2.26. The lowest BCUT2D eigenvalue weighted by Crippen LogP contribution is -2.29. The molecule has 0 saturated carbocycles. The number of esters is 2. The lowest BCUT2D eigenvalue weighted by Gasteiger charge is -2.19. The third-order valence-electron chi connectivity index (χ3n) is 16.5. The van der Waals surface area contributed by atoms with Gasteiger partial charge in [0.15, 0.2) is 6.10 Å². The topological polar surface area (TPSA) is 134 Å². The van der Waals surface area contributed by atoms with E-state index in [9.17, 15) is 19.0 Å². The first-order valence-electron chi connectivity index (χ1n) is 37.7. The maximum atomic E-state index is 12.8. The van der Waals surface area contributed by atoms with Crippen molar-refractivity contribution in [1.29, 1.82) is 0 Å². The summed E-state index contributed by atoms with van der Waals surface area (Å²) < 4.78 is 33.2. The molecule has 0 aromatic heterocycles. The molecular formula is C79H142NO8P. The maximum Gasteiger partial charge on any atom is 0.472 e. The Kier molecular flexibility index (Phi) is 71.4. The van der Waals surface area contributed by atoms with Crippen molar-refractivity contribution in [3.05, 3.63) is 97.2 Å². The number of phosphoric ester groups is 1. The summed E-state index contributed by atoms with van der Waals surface area (Å²) in [4.78, 5) is 35.4. The van der Waals surface area contributed by atoms with Gasteiger partial charge in [-0.1, -0.05) is 368 Å². The van der Waals surface area contributed by atoms with Gasteiger partial charge in [-0.25, -0.2) is 4.57 Å². The molecule has 0 aromatic rings. The molecule has 0 aliphatic carbocycles. The van der Waals surface area contributed by atoms with Crippen molar-refractivity contribution in [3.63, 3.8) is 0 Å². The molecule has 0 amide bonds. The fourth-order valence-corrected chi connectivity index (χ4v) is 11.7. The molecule has 0 rings (SSSR count). The van der Waals surface area contributed by atoms with Gasteiger partial charge >= 0.3 is 19.8 Å². The molecule has 2 unspecified atom stereocenters. The second-order valence-corrected chi connectivity index (χ2v) is 26.6. The Labute approximate surface area is 550 Å². The van der Waals surface area contributed by atoms with E-state index in [1.54, 1.807) is 0 Å². The van der Waals surface area contributed by atoms with Crippen molar-refractivity contribution in [2.45, 2.75) is 367 Å². The Morgan fingerprint density at radius 2 is 0.618 bits per heavy atom. The van der Waals surface area contributed by atoms with Crippen molar-refractivity contribution < 1.29 is 37.6 Å². The number of hydrogen-bond acceptors (Lipinski definition) is 8. The molecule has 516 valence electrons. The van der Waals surface area contributed by atoms with Crippen molar-refractivity contribution in [3.8, 4) is 0 Å². The summed E-state index contributed by atoms with van der Waals surface area (Å²) in [6.45, 7) is 3.69. The largest absolute Gasteiger partial charge is 0.472 e. The van der Waals surface area contributed by atoms with Gasteiger partial charge < -0.3 is 20.1 Å². The van der Waals surface area contributed by atoms with E-state index in [1.807, 2.05) is 0 Å². The molecule has 9 nitrogen and oxygen atoms in total. The van der Waals surface area contributed by atoms with E-state index in [2.05, 4.69) is 111 Å². The van der Waals surface area contributed by atoms with E-state index in [1.165, 1.54) is 238 Å². The van der Waals surface area contributed by atoms with Crippen LogP contribution in [0.15, 0.2) is 97.2 Å². The molecule has 3 N–H and O–H groups in total. The van der Waals surface area contributed by atoms with Crippen LogP contribution >= 0.6 is 7.82 Å². The number of rotatable bonds is 71. The van der Waals surface area contributed by atoms with Crippen molar-refractivity contribution in [2.24, 2.45) is 5.73 Å². The van der Waals surface area contributed by atoms with Crippen LogP contribution in [0.5, 0.6) is 0 Å². The van der Waals surface area contributed by atoms with Crippen LogP contribution in [-0.2, 0) is 32.7 Å². The Morgan fingerprint density at radius 1 is 0.348 bits per heavy atom. The minimum atomic E-state index is -4.40. The number of carbonyl (C=O) groups is 2. The molecular weight excluding hydrogens is 1120 g/mol. The first-order valence-corrected chi connectivity index (χ1v) is 39.2. The maximum absolute atomic E-state index is 12.8. The van der Waals surface area contributed by atoms with Gasteiger partial charge in [-0.05, 0) is 77.0 Å². The highest BCUT2D eigenvalue weighted by Crippen LogP contribution is 2.43. The van der Waals surface area contributed by atoms with Gasteiger partial charge in [0, 0.05) is 19.4 Å². The van der Waals surface area contributed by atoms with Crippen LogP contribution in [0.25, 0.3) is 0 Å². The fraction of sp³-hybridized carbons (Fsp3) is 0.772. The van der Waals surface area contributed by atoms with Crippen LogP contribution in [-0.4, -0.2) is 49.3 Å². The number of carbonyl (C=O) groups excluding carboxylic acids is 2. The molecule has 2 atom stereocenters. The first kappa shape index (κ1) is 85.9. The zero-order chi connectivity index (χ0) is 64.4. The van der Waals surface area contributed by atoms with E-state index < -0.39 is 26.5 Å². The Balaban J connectivity index is 3.84. The molecule has 0 aliphatic heterocycles. The van der Waals surface area contributed by atoms with Crippen LogP contribution < -0.4 is 5.73 Å². The molecule has 0 aromatic carbocycles. The summed E-state index contributed by atoms with van der Waals surface area (Å²) in [5.74, 6) is -0.813. The predicted molar refractivity (Wildman–Crippen MR) is 385 cm³/mol. The van der Waals surface area contributed by atoms with Gasteiger partial charge in [-0.3, -0.25) is 18.6 Å². The van der Waals surface area contributed by atoms with Crippen molar-refractivity contribution in [1.82, 2.24) is 0 Å². The smallest absolute Gasteiger partial charge is 0.462 e. The highest BCUT2D eigenvalue weighted by atomic mass is 31.2. The third kappa shape index (κ3) is 73.9. The first-order chi connectivity index (χ1) is 43.8. The zero-order valence-corrected chi connectivity index (χ0v) is 59.1. The van der Waals surface area contributed by atoms with Gasteiger partial charge in [0.1, 0.15) is 6.61 Å². The number of ether oxygens (including phenoxy) is 2. The second-order valence-electron chi connectivity index (χ2n) is 25.1. The predicted octanol–water partition coefficient (Wildman–Crippen LogP) is 25.1. The van der Waals surface area contributed by atoms with Gasteiger partial charge in [0.2, 0.25) is 0 Å². The minimum Gasteiger partial charge on any atom is -0.462 e. The minimum absolute atomic E-state index is 0.0524. The monoisotopic (exact) mass is 1260 g/mol. The molecule has 0 saturated heterocycles. The standard InChI is InChI=1S/C79H142NO8P/c1-3-5-7-9-11-13-15-17-19-21-23-25-27-29-31-33-34-35-36-37-38-39-40-41-42-44-46-48-50-52-54-56-58-60-62-64-66-68-70-72-79(82)88-77(76-87-89(83,84)86-74-73-80)75-85-78(81)71-69-67-65-63-61-59-57-55-53-51-49-47-45-43-32-30-28-26-24-22-20-18-16-14-12-10-8-6-4-2/h5,7,11,13,17,19,23,25,29,31,34-35,37-38,40-41,77H,3-4,6,8-10,12,14-16,18,20-22,24,26-28,30,32-33,36,39,42-76,80H2,1-2H3,(H,83,84)/b7-5-,13-11-,19-17-,25-23-,31-29-,35-34-,38-37-,41-40-. The Bertz CT molecular complexity index is 1780. The zero-order valence-electron chi connectivity index (χ0n) is 58.2. The average molecular weight is 1260 g/mol. The number of phosphoric acid groups is 1. The molecule has 0 spiro atoms. The van der Waals surface area contributed by atoms with Gasteiger partial charge in [0.25, 0.3) is 0 Å². The number of hydrogen-bond donors (Lipinski definition) is 2. The lowest BCUT2D eigenvalue weighted by molar-refractivity contribution is -0.161. The van der Waals surface area contributed by atoms with Gasteiger partial charge in [-0.2, -0.15) is 0 Å². The SMILES string of the molecule is CC/C=C\C/C=C\C/C=C\C/C=C\C/C=C\C/C=C\C/C=C\C/C=C\CCCCCCCCCCCCCCCCC(=O)OC(COC(=O)CCCCCCCCCCCCCCCCCCCCCCCCCCCCCCC)COP(=O)(O)OCCN. The fourth-order valence-electron chi connectivity index (χ4n) is 11.0. The van der Waals surface area contributed by atoms with Gasteiger partial charge in [0.05, 0.1) is 13.2 Å². The average Bonchev–Trinajstić information content (AvgIpc) is 3.68. The normalized spacial score (nSPS) is 13.4. The van der Waals surface area contributed by atoms with Crippen LogP contribution in [0.3, 0.4) is 0 Å². The number of unbranched alkanes of at least 4 members (excludes halogenated alkanes) is 42. The quantitative estimate of drug-likeness (QED) is 0.0264. The van der Waals surface area contributed by atoms with E-state index in [0.29, 0.717) is 6.42 Å². The van der Waals surface area contributed by atoms with Crippen LogP contribution in [0, 0.1) is 0 Å². The molecule has 0 bridgehead atoms. The molecule has 0 aliphatic rings. The molecule has 89 heavy (non-hydrogen) atoms. The third-order valence-corrected chi connectivity index (χ3v) is 17.5. The van der Waals surface area contributed by atoms with Crippen molar-refractivity contribution in [2.75, 3.05) is 26.4 Å². The Morgan fingerprint density at radius 3 is 0.921 bits per heavy atom. The summed E-state index contributed by atoms with van der Waals surface area (Å²) in [6, 6.07) is 0. The summed E-state index contributed by atoms with van der Waals surface area (Å²) in [5.41, 5.74) is 5.41. The summed E-state index contributed by atoms with van der Waals surface area (Å²) in [5, 5.41) is 0. The second kappa shape index (κ2) is 74.0. The van der Waals surface area contributed by atoms with Gasteiger partial charge in [-0.15, -0.1) is 0 Å². The van der Waals surface area contributed by atoms with Crippen LogP contribution in [0.2, 0.25) is 0 Å². The molecule has 0 fully saturated rings. The summed E-state index contributed by atoms with van der Waals surface area (Å²) in [6.07, 6.45) is 101. The Hall–Kier alpha value is -3.07.